The van der Waals surface area contributed by atoms with Gasteiger partial charge in [-0.1, -0.05) is 0 Å². The molecule has 0 saturated carbocycles. The first-order valence-electron chi connectivity index (χ1n) is 5.76. The molecule has 88 valence electrons. The lowest BCUT2D eigenvalue weighted by Gasteiger charge is -2.46. The fraction of sp³-hybridized carbons (Fsp3) is 0.727. The summed E-state index contributed by atoms with van der Waals surface area (Å²) in [4.78, 5) is 9.78. The fourth-order valence-corrected chi connectivity index (χ4v) is 3.47. The third kappa shape index (κ3) is 1.88. The Kier molecular flexibility index (Phi) is 2.93. The molecule has 4 rings (SSSR count). The molecule has 3 aliphatic heterocycles. The zero-order valence-corrected chi connectivity index (χ0v) is 10.4. The van der Waals surface area contributed by atoms with Crippen LogP contribution in [-0.4, -0.2) is 54.6 Å². The van der Waals surface area contributed by atoms with Gasteiger partial charge >= 0.3 is 0 Å². The quantitative estimate of drug-likeness (QED) is 0.785. The fourth-order valence-electron chi connectivity index (χ4n) is 2.54. The number of piperazine rings is 3. The van der Waals surface area contributed by atoms with Crippen LogP contribution in [0.2, 0.25) is 0 Å². The number of thiazole rings is 1. The van der Waals surface area contributed by atoms with Crippen molar-refractivity contribution in [2.45, 2.75) is 12.6 Å². The van der Waals surface area contributed by atoms with E-state index in [1.807, 2.05) is 0 Å². The summed E-state index contributed by atoms with van der Waals surface area (Å²) in [5.74, 6) is 0. The molecule has 0 aliphatic carbocycles. The molecule has 4 heterocycles. The molecule has 3 fully saturated rings. The topological polar surface area (TPSA) is 28.6 Å². The number of nitrogens with zero attached hydrogens (tertiary/aromatic N) is 3. The van der Waals surface area contributed by atoms with Crippen molar-refractivity contribution in [1.82, 2.24) is 14.8 Å². The number of ether oxygens (including phenoxy) is 1. The molecule has 3 saturated heterocycles. The van der Waals surface area contributed by atoms with E-state index < -0.39 is 0 Å². The number of rotatable bonds is 3. The van der Waals surface area contributed by atoms with Gasteiger partial charge in [0.2, 0.25) is 0 Å². The molecule has 2 bridgehead atoms. The first-order valence-corrected chi connectivity index (χ1v) is 6.64. The van der Waals surface area contributed by atoms with Crippen LogP contribution in [0.4, 0.5) is 0 Å². The maximum atomic E-state index is 5.11. The lowest BCUT2D eigenvalue weighted by Crippen LogP contribution is -2.56. The summed E-state index contributed by atoms with van der Waals surface area (Å²) in [6.07, 6.45) is 0. The van der Waals surface area contributed by atoms with E-state index in [9.17, 15) is 0 Å². The third-order valence-corrected chi connectivity index (χ3v) is 4.42. The van der Waals surface area contributed by atoms with Gasteiger partial charge in [0.25, 0.3) is 0 Å². The normalized spacial score (nSPS) is 33.2. The molecular weight excluding hydrogens is 222 g/mol. The molecule has 0 radical (unpaired) electrons. The molecule has 5 heteroatoms. The van der Waals surface area contributed by atoms with Crippen LogP contribution in [0, 0.1) is 0 Å². The maximum absolute atomic E-state index is 5.11. The molecule has 4 nitrogen and oxygen atoms in total. The van der Waals surface area contributed by atoms with E-state index >= 15 is 0 Å². The molecular formula is C11H17N3OS. The van der Waals surface area contributed by atoms with Crippen molar-refractivity contribution in [1.29, 1.82) is 0 Å². The lowest BCUT2D eigenvalue weighted by atomic mass is 10.1. The van der Waals surface area contributed by atoms with Crippen molar-refractivity contribution in [3.8, 4) is 0 Å². The van der Waals surface area contributed by atoms with Crippen molar-refractivity contribution in [2.24, 2.45) is 0 Å². The average molecular weight is 239 g/mol. The molecule has 0 aromatic carbocycles. The zero-order chi connectivity index (χ0) is 11.0. The molecule has 0 N–H and O–H groups in total. The third-order valence-electron chi connectivity index (χ3n) is 3.43. The van der Waals surface area contributed by atoms with Gasteiger partial charge in [0.05, 0.1) is 18.3 Å². The van der Waals surface area contributed by atoms with E-state index in [-0.39, 0.29) is 0 Å². The van der Waals surface area contributed by atoms with Gasteiger partial charge in [0.15, 0.2) is 0 Å². The summed E-state index contributed by atoms with van der Waals surface area (Å²) >= 11 is 1.78. The van der Waals surface area contributed by atoms with Gasteiger partial charge in [-0.2, -0.15) is 0 Å². The molecule has 1 atom stereocenters. The van der Waals surface area contributed by atoms with Crippen molar-refractivity contribution in [3.63, 3.8) is 0 Å². The average Bonchev–Trinajstić information content (AvgIpc) is 2.80. The Morgan fingerprint density at radius 2 is 2.25 bits per heavy atom. The number of fused-ring (bicyclic) bond motifs is 3. The standard InChI is InChI=1S/C11H17N3OS/c1-15-7-9-8-16-11(12-9)10-6-13-2-4-14(10)5-3-13/h8,10H,2-7H2,1H3. The molecule has 16 heavy (non-hydrogen) atoms. The summed E-state index contributed by atoms with van der Waals surface area (Å²) < 4.78 is 5.11. The second-order valence-electron chi connectivity index (χ2n) is 4.46. The highest BCUT2D eigenvalue weighted by Crippen LogP contribution is 2.30. The first-order chi connectivity index (χ1) is 7.86. The Labute approximate surface area is 99.8 Å². The van der Waals surface area contributed by atoms with Crippen LogP contribution >= 0.6 is 11.3 Å². The Hall–Kier alpha value is -0.490. The molecule has 0 spiro atoms. The van der Waals surface area contributed by atoms with Crippen LogP contribution in [0.15, 0.2) is 5.38 Å². The summed E-state index contributed by atoms with van der Waals surface area (Å²) in [6.45, 7) is 6.64. The highest BCUT2D eigenvalue weighted by Gasteiger charge is 2.34. The van der Waals surface area contributed by atoms with E-state index in [2.05, 4.69) is 20.2 Å². The number of hydrogen-bond acceptors (Lipinski definition) is 5. The van der Waals surface area contributed by atoms with E-state index in [1.165, 1.54) is 31.2 Å². The number of methoxy groups -OCH3 is 1. The maximum Gasteiger partial charge on any atom is 0.111 e. The first kappa shape index (κ1) is 10.7. The smallest absolute Gasteiger partial charge is 0.111 e. The van der Waals surface area contributed by atoms with Crippen LogP contribution < -0.4 is 0 Å². The lowest BCUT2D eigenvalue weighted by molar-refractivity contribution is 0.0121. The van der Waals surface area contributed by atoms with Crippen molar-refractivity contribution >= 4 is 11.3 Å². The van der Waals surface area contributed by atoms with Gasteiger partial charge in [-0.05, 0) is 0 Å². The van der Waals surface area contributed by atoms with Gasteiger partial charge in [0, 0.05) is 45.2 Å². The van der Waals surface area contributed by atoms with Crippen LogP contribution in [0.25, 0.3) is 0 Å². The highest BCUT2D eigenvalue weighted by atomic mass is 32.1. The van der Waals surface area contributed by atoms with Gasteiger partial charge in [0.1, 0.15) is 5.01 Å². The summed E-state index contributed by atoms with van der Waals surface area (Å²) in [5.41, 5.74) is 1.07. The molecule has 1 unspecified atom stereocenters. The summed E-state index contributed by atoms with van der Waals surface area (Å²) in [7, 11) is 1.72. The zero-order valence-electron chi connectivity index (χ0n) is 9.56. The van der Waals surface area contributed by atoms with Gasteiger partial charge in [-0.3, -0.25) is 9.80 Å². The van der Waals surface area contributed by atoms with E-state index in [1.54, 1.807) is 18.4 Å². The minimum Gasteiger partial charge on any atom is -0.378 e. The Morgan fingerprint density at radius 1 is 1.44 bits per heavy atom. The van der Waals surface area contributed by atoms with Crippen molar-refractivity contribution in [2.75, 3.05) is 39.8 Å². The minimum absolute atomic E-state index is 0.526. The Morgan fingerprint density at radius 3 is 2.88 bits per heavy atom. The summed E-state index contributed by atoms with van der Waals surface area (Å²) in [5, 5.41) is 3.38. The number of aromatic nitrogens is 1. The van der Waals surface area contributed by atoms with Crippen LogP contribution in [0.1, 0.15) is 16.7 Å². The SMILES string of the molecule is COCc1csc(C2CN3CCN2CC3)n1. The molecule has 1 aromatic rings. The van der Waals surface area contributed by atoms with Gasteiger partial charge in [-0.15, -0.1) is 11.3 Å². The number of hydrogen-bond donors (Lipinski definition) is 0. The summed E-state index contributed by atoms with van der Waals surface area (Å²) in [6, 6.07) is 0.526. The van der Waals surface area contributed by atoms with E-state index in [0.717, 1.165) is 12.2 Å². The predicted molar refractivity (Wildman–Crippen MR) is 63.6 cm³/mol. The second kappa shape index (κ2) is 4.41. The van der Waals surface area contributed by atoms with Crippen LogP contribution in [0.5, 0.6) is 0 Å². The van der Waals surface area contributed by atoms with Gasteiger partial charge < -0.3 is 4.74 Å². The van der Waals surface area contributed by atoms with Crippen molar-refractivity contribution < 1.29 is 4.74 Å². The van der Waals surface area contributed by atoms with E-state index in [0.29, 0.717) is 12.6 Å². The molecule has 3 aliphatic rings. The monoisotopic (exact) mass is 239 g/mol. The molecule has 0 amide bonds. The van der Waals surface area contributed by atoms with Crippen LogP contribution in [-0.2, 0) is 11.3 Å². The Balaban J connectivity index is 1.76. The Bertz CT molecular complexity index is 360. The minimum atomic E-state index is 0.526. The highest BCUT2D eigenvalue weighted by molar-refractivity contribution is 7.09. The molecule has 1 aromatic heterocycles. The van der Waals surface area contributed by atoms with E-state index in [4.69, 9.17) is 4.74 Å². The second-order valence-corrected chi connectivity index (χ2v) is 5.35. The predicted octanol–water partition coefficient (Wildman–Crippen LogP) is 0.962. The van der Waals surface area contributed by atoms with Gasteiger partial charge in [-0.25, -0.2) is 4.98 Å². The van der Waals surface area contributed by atoms with Crippen molar-refractivity contribution in [3.05, 3.63) is 16.1 Å². The largest absolute Gasteiger partial charge is 0.378 e. The van der Waals surface area contributed by atoms with Crippen LogP contribution in [0.3, 0.4) is 0 Å².